The first-order valence-electron chi connectivity index (χ1n) is 13.1. The molecule has 1 N–H and O–H groups in total. The van der Waals surface area contributed by atoms with E-state index in [2.05, 4.69) is 18.0 Å². The van der Waals surface area contributed by atoms with Crippen molar-refractivity contribution in [2.24, 2.45) is 0 Å². The SMILES string of the molecule is C=CCc1cc(/C=C(\C#N)C(=O)Nc2sc3c(c2C#N)CCCC3)cc(OCC)c1OCc1ccc([N+](=O)[O-])cc1. The Morgan fingerprint density at radius 3 is 2.61 bits per heavy atom. The van der Waals surface area contributed by atoms with Crippen LogP contribution >= 0.6 is 11.3 Å². The van der Waals surface area contributed by atoms with Crippen LogP contribution < -0.4 is 14.8 Å². The van der Waals surface area contributed by atoms with Gasteiger partial charge in [-0.25, -0.2) is 0 Å². The Bertz CT molecular complexity index is 1590. The van der Waals surface area contributed by atoms with Gasteiger partial charge in [0.1, 0.15) is 29.3 Å². The number of nitriles is 2. The number of carbonyl (C=O) groups is 1. The molecular formula is C31H28N4O5S. The minimum Gasteiger partial charge on any atom is -0.490 e. The second-order valence-corrected chi connectivity index (χ2v) is 10.4. The van der Waals surface area contributed by atoms with Crippen molar-refractivity contribution in [3.05, 3.63) is 97.4 Å². The molecule has 1 aliphatic rings. The zero-order valence-electron chi connectivity index (χ0n) is 22.6. The minimum absolute atomic E-state index is 0.00731. The van der Waals surface area contributed by atoms with Crippen molar-refractivity contribution < 1.29 is 19.2 Å². The van der Waals surface area contributed by atoms with Crippen LogP contribution in [-0.2, 0) is 30.7 Å². The monoisotopic (exact) mass is 568 g/mol. The minimum atomic E-state index is -0.593. The van der Waals surface area contributed by atoms with E-state index in [0.29, 0.717) is 40.7 Å². The molecule has 9 nitrogen and oxygen atoms in total. The molecule has 0 bridgehead atoms. The molecule has 2 aromatic carbocycles. The predicted molar refractivity (Wildman–Crippen MR) is 157 cm³/mol. The highest BCUT2D eigenvalue weighted by Gasteiger charge is 2.23. The summed E-state index contributed by atoms with van der Waals surface area (Å²) in [7, 11) is 0. The van der Waals surface area contributed by atoms with Crippen LogP contribution in [0.15, 0.2) is 54.6 Å². The summed E-state index contributed by atoms with van der Waals surface area (Å²) in [6, 6.07) is 13.8. The van der Waals surface area contributed by atoms with Crippen molar-refractivity contribution in [2.45, 2.75) is 45.6 Å². The number of rotatable bonds is 11. The van der Waals surface area contributed by atoms with Crippen LogP contribution in [0.25, 0.3) is 6.08 Å². The van der Waals surface area contributed by atoms with Gasteiger partial charge in [-0.2, -0.15) is 10.5 Å². The summed E-state index contributed by atoms with van der Waals surface area (Å²) < 4.78 is 12.0. The lowest BCUT2D eigenvalue weighted by atomic mass is 9.96. The van der Waals surface area contributed by atoms with Crippen LogP contribution in [-0.4, -0.2) is 17.4 Å². The van der Waals surface area contributed by atoms with Crippen molar-refractivity contribution in [1.29, 1.82) is 10.5 Å². The molecule has 0 spiro atoms. The highest BCUT2D eigenvalue weighted by Crippen LogP contribution is 2.38. The van der Waals surface area contributed by atoms with E-state index in [9.17, 15) is 25.4 Å². The van der Waals surface area contributed by atoms with Crippen LogP contribution in [0.5, 0.6) is 11.5 Å². The first-order valence-corrected chi connectivity index (χ1v) is 13.9. The van der Waals surface area contributed by atoms with Gasteiger partial charge in [-0.3, -0.25) is 14.9 Å². The number of nitrogens with zero attached hydrogens (tertiary/aromatic N) is 3. The van der Waals surface area contributed by atoms with E-state index in [0.717, 1.165) is 47.3 Å². The number of fused-ring (bicyclic) bond motifs is 1. The third-order valence-electron chi connectivity index (χ3n) is 6.53. The molecule has 0 unspecified atom stereocenters. The van der Waals surface area contributed by atoms with Gasteiger partial charge < -0.3 is 14.8 Å². The maximum atomic E-state index is 13.1. The number of nitro benzene ring substituents is 1. The second kappa shape index (κ2) is 13.4. The van der Waals surface area contributed by atoms with Gasteiger partial charge in [0.25, 0.3) is 11.6 Å². The second-order valence-electron chi connectivity index (χ2n) is 9.30. The molecule has 0 radical (unpaired) electrons. The first-order chi connectivity index (χ1) is 19.9. The summed E-state index contributed by atoms with van der Waals surface area (Å²) in [4.78, 5) is 24.7. The molecule has 1 amide bonds. The normalized spacial score (nSPS) is 12.4. The Morgan fingerprint density at radius 1 is 1.20 bits per heavy atom. The van der Waals surface area contributed by atoms with Gasteiger partial charge in [0, 0.05) is 22.6 Å². The third-order valence-corrected chi connectivity index (χ3v) is 7.74. The molecule has 10 heteroatoms. The van der Waals surface area contributed by atoms with Crippen LogP contribution in [0.1, 0.15) is 52.5 Å². The Hall–Kier alpha value is -4.93. The lowest BCUT2D eigenvalue weighted by Gasteiger charge is -2.17. The van der Waals surface area contributed by atoms with Crippen LogP contribution in [0.2, 0.25) is 0 Å². The van der Waals surface area contributed by atoms with Gasteiger partial charge >= 0.3 is 0 Å². The number of anilines is 1. The number of carbonyl (C=O) groups excluding carboxylic acids is 1. The average molecular weight is 569 g/mol. The molecule has 0 aliphatic heterocycles. The number of benzene rings is 2. The van der Waals surface area contributed by atoms with Gasteiger partial charge in [-0.15, -0.1) is 17.9 Å². The van der Waals surface area contributed by atoms with Gasteiger partial charge in [0.2, 0.25) is 0 Å². The summed E-state index contributed by atoms with van der Waals surface area (Å²) in [5.41, 5.74) is 3.39. The lowest BCUT2D eigenvalue weighted by molar-refractivity contribution is -0.384. The zero-order valence-corrected chi connectivity index (χ0v) is 23.4. The van der Waals surface area contributed by atoms with E-state index in [4.69, 9.17) is 9.47 Å². The number of nitrogens with one attached hydrogen (secondary N) is 1. The van der Waals surface area contributed by atoms with Crippen molar-refractivity contribution >= 4 is 34.0 Å². The van der Waals surface area contributed by atoms with E-state index in [1.807, 2.05) is 13.0 Å². The number of non-ortho nitro benzene ring substituents is 1. The number of hydrogen-bond donors (Lipinski definition) is 1. The summed E-state index contributed by atoms with van der Waals surface area (Å²) >= 11 is 1.40. The quantitative estimate of drug-likeness (QED) is 0.0897. The Labute approximate surface area is 242 Å². The van der Waals surface area contributed by atoms with E-state index in [1.165, 1.54) is 29.5 Å². The maximum absolute atomic E-state index is 13.1. The fourth-order valence-corrected chi connectivity index (χ4v) is 5.86. The van der Waals surface area contributed by atoms with Crippen molar-refractivity contribution in [3.8, 4) is 23.6 Å². The maximum Gasteiger partial charge on any atom is 0.269 e. The van der Waals surface area contributed by atoms with Crippen LogP contribution in [0.4, 0.5) is 10.7 Å². The molecule has 1 aromatic heterocycles. The Balaban J connectivity index is 1.62. The molecule has 0 atom stereocenters. The summed E-state index contributed by atoms with van der Waals surface area (Å²) in [6.07, 6.45) is 7.38. The van der Waals surface area contributed by atoms with E-state index >= 15 is 0 Å². The van der Waals surface area contributed by atoms with E-state index in [-0.39, 0.29) is 17.9 Å². The van der Waals surface area contributed by atoms with Gasteiger partial charge in [-0.1, -0.05) is 6.08 Å². The third kappa shape index (κ3) is 6.81. The van der Waals surface area contributed by atoms with Crippen molar-refractivity contribution in [1.82, 2.24) is 0 Å². The van der Waals surface area contributed by atoms with E-state index in [1.54, 1.807) is 30.3 Å². The Kier molecular flexibility index (Phi) is 9.51. The molecule has 0 saturated heterocycles. The number of ether oxygens (including phenoxy) is 2. The predicted octanol–water partition coefficient (Wildman–Crippen LogP) is 6.66. The highest BCUT2D eigenvalue weighted by atomic mass is 32.1. The number of thiophene rings is 1. The van der Waals surface area contributed by atoms with Gasteiger partial charge in [-0.05, 0) is 86.1 Å². The first kappa shape index (κ1) is 29.1. The molecule has 0 saturated carbocycles. The fraction of sp³-hybridized carbons (Fsp3) is 0.258. The van der Waals surface area contributed by atoms with E-state index < -0.39 is 10.8 Å². The molecular weight excluding hydrogens is 540 g/mol. The van der Waals surface area contributed by atoms with Gasteiger partial charge in [0.15, 0.2) is 11.5 Å². The number of nitro groups is 1. The summed E-state index contributed by atoms with van der Waals surface area (Å²) in [5, 5.41) is 33.7. The summed E-state index contributed by atoms with van der Waals surface area (Å²) in [6.45, 7) is 6.15. The van der Waals surface area contributed by atoms with Crippen LogP contribution in [0.3, 0.4) is 0 Å². The molecule has 1 heterocycles. The molecule has 3 aromatic rings. The van der Waals surface area contributed by atoms with Crippen LogP contribution in [0, 0.1) is 32.8 Å². The Morgan fingerprint density at radius 2 is 1.95 bits per heavy atom. The largest absolute Gasteiger partial charge is 0.490 e. The lowest BCUT2D eigenvalue weighted by Crippen LogP contribution is -2.13. The smallest absolute Gasteiger partial charge is 0.269 e. The standard InChI is InChI=1S/C31H28N4O5S/c1-3-7-22-14-21(16-27(39-4-2)29(22)40-19-20-10-12-24(13-11-20)35(37)38)15-23(17-32)30(36)34-31-26(18-33)25-8-5-6-9-28(25)41-31/h3,10-16H,1,4-9,19H2,2H3,(H,34,36)/b23-15+. The number of aryl methyl sites for hydroxylation is 1. The highest BCUT2D eigenvalue weighted by molar-refractivity contribution is 7.16. The number of hydrogen-bond acceptors (Lipinski definition) is 8. The zero-order chi connectivity index (χ0) is 29.4. The molecule has 41 heavy (non-hydrogen) atoms. The molecule has 1 aliphatic carbocycles. The molecule has 4 rings (SSSR count). The average Bonchev–Trinajstić information content (AvgIpc) is 3.32. The van der Waals surface area contributed by atoms with Gasteiger partial charge in [0.05, 0.1) is 17.1 Å². The number of amides is 1. The summed E-state index contributed by atoms with van der Waals surface area (Å²) in [5.74, 6) is 0.313. The fourth-order valence-electron chi connectivity index (χ4n) is 4.63. The molecule has 208 valence electrons. The molecule has 0 fully saturated rings. The van der Waals surface area contributed by atoms with Crippen molar-refractivity contribution in [3.63, 3.8) is 0 Å². The number of allylic oxidation sites excluding steroid dienone is 1. The topological polar surface area (TPSA) is 138 Å². The van der Waals surface area contributed by atoms with Crippen molar-refractivity contribution in [2.75, 3.05) is 11.9 Å².